The number of benzene rings is 1. The van der Waals surface area contributed by atoms with Gasteiger partial charge in [-0.25, -0.2) is 4.79 Å². The molecule has 108 valence electrons. The smallest absolute Gasteiger partial charge is 0.405 e. The van der Waals surface area contributed by atoms with E-state index in [9.17, 15) is 20.0 Å². The van der Waals surface area contributed by atoms with Crippen molar-refractivity contribution < 1.29 is 24.3 Å². The Hall–Kier alpha value is -2.35. The maximum atomic E-state index is 10.9. The lowest BCUT2D eigenvalue weighted by molar-refractivity contribution is -0.385. The number of ether oxygens (including phenoxy) is 2. The van der Waals surface area contributed by atoms with Gasteiger partial charge in [0.15, 0.2) is 6.10 Å². The summed E-state index contributed by atoms with van der Waals surface area (Å²) < 4.78 is 10.5. The zero-order valence-corrected chi connectivity index (χ0v) is 10.9. The summed E-state index contributed by atoms with van der Waals surface area (Å²) in [5, 5.41) is 20.9. The molecular formula is C12H14N2O6. The summed E-state index contributed by atoms with van der Waals surface area (Å²) in [6, 6.07) is 3.84. The van der Waals surface area contributed by atoms with Crippen molar-refractivity contribution in [3.63, 3.8) is 0 Å². The molecule has 1 aromatic rings. The second kappa shape index (κ2) is 4.64. The second-order valence-electron chi connectivity index (χ2n) is 4.99. The quantitative estimate of drug-likeness (QED) is 0.621. The molecule has 2 atom stereocenters. The number of carbonyl (C=O) groups excluding carboxylic acids is 1. The first kappa shape index (κ1) is 14.1. The first-order valence-corrected chi connectivity index (χ1v) is 5.84. The number of nitrogens with zero attached hydrogens (tertiary/aromatic N) is 1. The third-order valence-corrected chi connectivity index (χ3v) is 3.13. The van der Waals surface area contributed by atoms with Crippen LogP contribution in [0.3, 0.4) is 0 Å². The van der Waals surface area contributed by atoms with Crippen molar-refractivity contribution in [1.82, 2.24) is 0 Å². The number of nitro groups is 1. The summed E-state index contributed by atoms with van der Waals surface area (Å²) in [6.45, 7) is 3.16. The molecule has 1 aliphatic heterocycles. The van der Waals surface area contributed by atoms with E-state index in [0.29, 0.717) is 5.56 Å². The predicted octanol–water partition coefficient (Wildman–Crippen LogP) is 1.26. The fraction of sp³-hybridized carbons (Fsp3) is 0.417. The lowest BCUT2D eigenvalue weighted by Gasteiger charge is -2.40. The summed E-state index contributed by atoms with van der Waals surface area (Å²) in [4.78, 5) is 21.2. The molecule has 0 aromatic heterocycles. The van der Waals surface area contributed by atoms with Gasteiger partial charge in [0.1, 0.15) is 17.5 Å². The van der Waals surface area contributed by atoms with E-state index in [1.807, 2.05) is 0 Å². The Kier molecular flexibility index (Phi) is 3.26. The maximum Gasteiger partial charge on any atom is 0.405 e. The van der Waals surface area contributed by atoms with E-state index in [2.05, 4.69) is 0 Å². The van der Waals surface area contributed by atoms with Crippen molar-refractivity contribution in [2.24, 2.45) is 5.73 Å². The minimum absolute atomic E-state index is 0.159. The van der Waals surface area contributed by atoms with E-state index < -0.39 is 28.8 Å². The van der Waals surface area contributed by atoms with Crippen LogP contribution in [0.5, 0.6) is 5.75 Å². The highest BCUT2D eigenvalue weighted by atomic mass is 16.6. The molecule has 0 spiro atoms. The summed E-state index contributed by atoms with van der Waals surface area (Å²) in [6.07, 6.45) is -3.23. The van der Waals surface area contributed by atoms with Crippen LogP contribution in [0.4, 0.5) is 10.5 Å². The Labute approximate surface area is 114 Å². The fourth-order valence-corrected chi connectivity index (χ4v) is 2.09. The van der Waals surface area contributed by atoms with Gasteiger partial charge >= 0.3 is 6.09 Å². The lowest BCUT2D eigenvalue weighted by Crippen LogP contribution is -2.50. The summed E-state index contributed by atoms with van der Waals surface area (Å²) in [5.74, 6) is 0.181. The van der Waals surface area contributed by atoms with Crippen LogP contribution in [-0.4, -0.2) is 27.8 Å². The molecule has 0 radical (unpaired) electrons. The van der Waals surface area contributed by atoms with Crippen molar-refractivity contribution in [3.8, 4) is 5.75 Å². The number of rotatable bonds is 2. The van der Waals surface area contributed by atoms with Crippen LogP contribution in [0.25, 0.3) is 0 Å². The van der Waals surface area contributed by atoms with Gasteiger partial charge < -0.3 is 20.3 Å². The molecule has 1 aromatic carbocycles. The molecule has 2 rings (SSSR count). The third kappa shape index (κ3) is 2.37. The number of hydrogen-bond acceptors (Lipinski definition) is 6. The number of amides is 1. The number of primary amides is 1. The number of carbonyl (C=O) groups is 1. The van der Waals surface area contributed by atoms with Gasteiger partial charge in [-0.15, -0.1) is 0 Å². The van der Waals surface area contributed by atoms with Gasteiger partial charge in [0.2, 0.25) is 0 Å². The van der Waals surface area contributed by atoms with E-state index in [4.69, 9.17) is 15.2 Å². The van der Waals surface area contributed by atoms with Crippen LogP contribution in [0, 0.1) is 10.1 Å². The monoisotopic (exact) mass is 282 g/mol. The predicted molar refractivity (Wildman–Crippen MR) is 67.2 cm³/mol. The Morgan fingerprint density at radius 1 is 1.55 bits per heavy atom. The van der Waals surface area contributed by atoms with Crippen LogP contribution < -0.4 is 10.5 Å². The molecule has 0 saturated carbocycles. The topological polar surface area (TPSA) is 125 Å². The standard InChI is InChI=1S/C12H14N2O6/c1-12(2)10(15)9(19-11(13)16)7-4-3-6(14(17)18)5-8(7)20-12/h3-5,9-10,15H,1-2H3,(H2,13,16). The molecule has 20 heavy (non-hydrogen) atoms. The molecule has 1 amide bonds. The molecule has 0 saturated heterocycles. The van der Waals surface area contributed by atoms with E-state index in [-0.39, 0.29) is 11.4 Å². The van der Waals surface area contributed by atoms with E-state index >= 15 is 0 Å². The number of fused-ring (bicyclic) bond motifs is 1. The Morgan fingerprint density at radius 2 is 2.20 bits per heavy atom. The van der Waals surface area contributed by atoms with Crippen molar-refractivity contribution >= 4 is 11.8 Å². The summed E-state index contributed by atoms with van der Waals surface area (Å²) in [5.41, 5.74) is 4.08. The second-order valence-corrected chi connectivity index (χ2v) is 4.99. The van der Waals surface area contributed by atoms with E-state index in [0.717, 1.165) is 0 Å². The van der Waals surface area contributed by atoms with Crippen molar-refractivity contribution in [1.29, 1.82) is 0 Å². The maximum absolute atomic E-state index is 10.9. The van der Waals surface area contributed by atoms with E-state index in [1.165, 1.54) is 18.2 Å². The summed E-state index contributed by atoms with van der Waals surface area (Å²) >= 11 is 0. The lowest BCUT2D eigenvalue weighted by atomic mass is 9.88. The SMILES string of the molecule is CC1(C)Oc2cc([N+](=O)[O-])ccc2C(OC(N)=O)C1O. The molecule has 0 bridgehead atoms. The highest BCUT2D eigenvalue weighted by Gasteiger charge is 2.45. The van der Waals surface area contributed by atoms with E-state index in [1.54, 1.807) is 13.8 Å². The first-order valence-electron chi connectivity index (χ1n) is 5.84. The highest BCUT2D eigenvalue weighted by Crippen LogP contribution is 2.43. The van der Waals surface area contributed by atoms with Gasteiger partial charge in [-0.3, -0.25) is 10.1 Å². The number of aliphatic hydroxyl groups is 1. The van der Waals surface area contributed by atoms with Crippen molar-refractivity contribution in [2.75, 3.05) is 0 Å². The molecule has 8 nitrogen and oxygen atoms in total. The Bertz CT molecular complexity index is 571. The van der Waals surface area contributed by atoms with Crippen LogP contribution in [-0.2, 0) is 4.74 Å². The van der Waals surface area contributed by atoms with Crippen LogP contribution in [0.2, 0.25) is 0 Å². The summed E-state index contributed by atoms with van der Waals surface area (Å²) in [7, 11) is 0. The van der Waals surface area contributed by atoms with Gasteiger partial charge in [-0.1, -0.05) is 0 Å². The highest BCUT2D eigenvalue weighted by molar-refractivity contribution is 5.65. The van der Waals surface area contributed by atoms with Crippen LogP contribution in [0.15, 0.2) is 18.2 Å². The molecule has 1 aliphatic rings. The number of nitro benzene ring substituents is 1. The Morgan fingerprint density at radius 3 is 2.75 bits per heavy atom. The largest absolute Gasteiger partial charge is 0.484 e. The number of non-ortho nitro benzene ring substituents is 1. The van der Waals surface area contributed by atoms with Gasteiger partial charge in [-0.05, 0) is 19.9 Å². The number of hydrogen-bond donors (Lipinski definition) is 2. The van der Waals surface area contributed by atoms with Crippen molar-refractivity contribution in [3.05, 3.63) is 33.9 Å². The normalized spacial score (nSPS) is 23.4. The van der Waals surface area contributed by atoms with Gasteiger partial charge in [0.25, 0.3) is 5.69 Å². The molecule has 8 heteroatoms. The van der Waals surface area contributed by atoms with Gasteiger partial charge in [0, 0.05) is 11.6 Å². The molecule has 0 fully saturated rings. The van der Waals surface area contributed by atoms with Crippen LogP contribution >= 0.6 is 0 Å². The third-order valence-electron chi connectivity index (χ3n) is 3.13. The van der Waals surface area contributed by atoms with Crippen molar-refractivity contribution in [2.45, 2.75) is 31.7 Å². The number of aliphatic hydroxyl groups excluding tert-OH is 1. The molecule has 0 aliphatic carbocycles. The molecular weight excluding hydrogens is 268 g/mol. The molecule has 3 N–H and O–H groups in total. The minimum Gasteiger partial charge on any atom is -0.484 e. The average molecular weight is 282 g/mol. The van der Waals surface area contributed by atoms with Gasteiger partial charge in [-0.2, -0.15) is 0 Å². The Balaban J connectivity index is 2.51. The average Bonchev–Trinajstić information content (AvgIpc) is 2.33. The van der Waals surface area contributed by atoms with Gasteiger partial charge in [0.05, 0.1) is 11.0 Å². The fourth-order valence-electron chi connectivity index (χ4n) is 2.09. The zero-order chi connectivity index (χ0) is 15.1. The first-order chi connectivity index (χ1) is 9.22. The number of nitrogens with two attached hydrogens (primary N) is 1. The minimum atomic E-state index is -1.15. The zero-order valence-electron chi connectivity index (χ0n) is 10.9. The molecule has 2 unspecified atom stereocenters. The molecule has 1 heterocycles. The van der Waals surface area contributed by atoms with Crippen LogP contribution in [0.1, 0.15) is 25.5 Å².